The molecule has 0 saturated carbocycles. The zero-order valence-corrected chi connectivity index (χ0v) is 14.4. The zero-order valence-electron chi connectivity index (χ0n) is 12.8. The van der Waals surface area contributed by atoms with Crippen molar-refractivity contribution in [3.8, 4) is 0 Å². The molecule has 2 aromatic carbocycles. The van der Waals surface area contributed by atoms with E-state index in [1.54, 1.807) is 18.2 Å². The van der Waals surface area contributed by atoms with Crippen molar-refractivity contribution < 1.29 is 8.42 Å². The molecule has 2 atom stereocenters. The van der Waals surface area contributed by atoms with Gasteiger partial charge in [0.25, 0.3) is 0 Å². The third-order valence-electron chi connectivity index (χ3n) is 4.26. The van der Waals surface area contributed by atoms with Gasteiger partial charge in [-0.15, -0.1) is 0 Å². The Bertz CT molecular complexity index is 809. The molecule has 1 aliphatic heterocycles. The molecule has 4 nitrogen and oxygen atoms in total. The number of nitrogens with two attached hydrogens (primary N) is 1. The van der Waals surface area contributed by atoms with Crippen molar-refractivity contribution in [1.82, 2.24) is 4.31 Å². The molecular weight excluding hydrogens is 332 g/mol. The van der Waals surface area contributed by atoms with E-state index < -0.39 is 10.0 Å². The SMILES string of the molecule is Cc1ccc(Cl)c(S(=O)(=O)N2C[C@@H](N)[C@H](c3ccccc3)C2)c1. The summed E-state index contributed by atoms with van der Waals surface area (Å²) >= 11 is 6.11. The highest BCUT2D eigenvalue weighted by molar-refractivity contribution is 7.89. The average Bonchev–Trinajstić information content (AvgIpc) is 2.93. The van der Waals surface area contributed by atoms with Gasteiger partial charge in [0.2, 0.25) is 10.0 Å². The lowest BCUT2D eigenvalue weighted by Gasteiger charge is -2.18. The van der Waals surface area contributed by atoms with Gasteiger partial charge in [-0.05, 0) is 30.2 Å². The number of hydrogen-bond donors (Lipinski definition) is 1. The standard InChI is InChI=1S/C17H19ClN2O2S/c1-12-7-8-15(18)17(9-12)23(21,22)20-10-14(16(19)11-20)13-5-3-2-4-6-13/h2-9,14,16H,10-11,19H2,1H3/t14-,16+/m0/s1. The lowest BCUT2D eigenvalue weighted by molar-refractivity contribution is 0.470. The molecule has 0 amide bonds. The summed E-state index contributed by atoms with van der Waals surface area (Å²) in [5.74, 6) is -0.00504. The molecule has 1 fully saturated rings. The van der Waals surface area contributed by atoms with Gasteiger partial charge in [0, 0.05) is 25.0 Å². The lowest BCUT2D eigenvalue weighted by atomic mass is 9.95. The zero-order chi connectivity index (χ0) is 16.6. The molecule has 1 saturated heterocycles. The molecule has 3 rings (SSSR count). The Morgan fingerprint density at radius 1 is 1.13 bits per heavy atom. The van der Waals surface area contributed by atoms with Crippen LogP contribution >= 0.6 is 11.6 Å². The summed E-state index contributed by atoms with van der Waals surface area (Å²) in [6.07, 6.45) is 0. The van der Waals surface area contributed by atoms with Crippen LogP contribution in [0.5, 0.6) is 0 Å². The van der Waals surface area contributed by atoms with Gasteiger partial charge in [0.1, 0.15) is 4.90 Å². The van der Waals surface area contributed by atoms with Crippen LogP contribution in [-0.4, -0.2) is 31.9 Å². The van der Waals surface area contributed by atoms with E-state index in [9.17, 15) is 8.42 Å². The lowest BCUT2D eigenvalue weighted by Crippen LogP contribution is -2.32. The number of benzene rings is 2. The fraction of sp³-hybridized carbons (Fsp3) is 0.294. The van der Waals surface area contributed by atoms with Gasteiger partial charge in [-0.3, -0.25) is 0 Å². The highest BCUT2D eigenvalue weighted by atomic mass is 35.5. The van der Waals surface area contributed by atoms with Gasteiger partial charge < -0.3 is 5.73 Å². The predicted octanol–water partition coefficient (Wildman–Crippen LogP) is 2.76. The molecule has 0 radical (unpaired) electrons. The number of rotatable bonds is 3. The molecule has 0 aliphatic carbocycles. The van der Waals surface area contributed by atoms with E-state index in [-0.39, 0.29) is 21.9 Å². The Hall–Kier alpha value is -1.40. The highest BCUT2D eigenvalue weighted by Crippen LogP contribution is 2.33. The second kappa shape index (κ2) is 6.24. The van der Waals surface area contributed by atoms with E-state index in [4.69, 9.17) is 17.3 Å². The monoisotopic (exact) mass is 350 g/mol. The molecule has 2 N–H and O–H groups in total. The van der Waals surface area contributed by atoms with Gasteiger partial charge >= 0.3 is 0 Å². The Balaban J connectivity index is 1.92. The third kappa shape index (κ3) is 3.15. The van der Waals surface area contributed by atoms with Crippen molar-refractivity contribution in [2.24, 2.45) is 5.73 Å². The third-order valence-corrected chi connectivity index (χ3v) is 6.58. The molecule has 1 heterocycles. The maximum Gasteiger partial charge on any atom is 0.244 e. The normalized spacial score (nSPS) is 22.4. The van der Waals surface area contributed by atoms with Crippen LogP contribution in [0, 0.1) is 6.92 Å². The number of hydrogen-bond acceptors (Lipinski definition) is 3. The van der Waals surface area contributed by atoms with Gasteiger partial charge in [-0.1, -0.05) is 48.0 Å². The number of sulfonamides is 1. The van der Waals surface area contributed by atoms with E-state index >= 15 is 0 Å². The van der Waals surface area contributed by atoms with E-state index in [0.29, 0.717) is 13.1 Å². The molecule has 1 aliphatic rings. The number of halogens is 1. The van der Waals surface area contributed by atoms with E-state index in [1.165, 1.54) is 4.31 Å². The first-order valence-electron chi connectivity index (χ1n) is 7.46. The van der Waals surface area contributed by atoms with E-state index in [1.807, 2.05) is 37.3 Å². The summed E-state index contributed by atoms with van der Waals surface area (Å²) in [5, 5.41) is 0.243. The predicted molar refractivity (Wildman–Crippen MR) is 92.1 cm³/mol. The Morgan fingerprint density at radius 2 is 1.83 bits per heavy atom. The van der Waals surface area contributed by atoms with Crippen molar-refractivity contribution in [2.45, 2.75) is 23.8 Å². The van der Waals surface area contributed by atoms with Gasteiger partial charge in [-0.25, -0.2) is 8.42 Å². The molecular formula is C17H19ClN2O2S. The van der Waals surface area contributed by atoms with Crippen LogP contribution in [0.3, 0.4) is 0 Å². The van der Waals surface area contributed by atoms with Crippen LogP contribution < -0.4 is 5.73 Å². The van der Waals surface area contributed by atoms with Crippen molar-refractivity contribution in [1.29, 1.82) is 0 Å². The highest BCUT2D eigenvalue weighted by Gasteiger charge is 2.39. The minimum Gasteiger partial charge on any atom is -0.326 e. The van der Waals surface area contributed by atoms with Crippen molar-refractivity contribution >= 4 is 21.6 Å². The molecule has 2 aromatic rings. The Morgan fingerprint density at radius 3 is 2.52 bits per heavy atom. The van der Waals surface area contributed by atoms with Gasteiger partial charge in [0.15, 0.2) is 0 Å². The summed E-state index contributed by atoms with van der Waals surface area (Å²) in [4.78, 5) is 0.153. The van der Waals surface area contributed by atoms with E-state index in [2.05, 4.69) is 0 Å². The summed E-state index contributed by atoms with van der Waals surface area (Å²) < 4.78 is 27.3. The van der Waals surface area contributed by atoms with Gasteiger partial charge in [0.05, 0.1) is 5.02 Å². The number of aryl methyl sites for hydroxylation is 1. The second-order valence-corrected chi connectivity index (χ2v) is 8.25. The van der Waals surface area contributed by atoms with Crippen LogP contribution in [0.2, 0.25) is 5.02 Å². The average molecular weight is 351 g/mol. The van der Waals surface area contributed by atoms with Crippen molar-refractivity contribution in [3.05, 3.63) is 64.7 Å². The molecule has 0 spiro atoms. The minimum absolute atomic E-state index is 0.00504. The molecule has 23 heavy (non-hydrogen) atoms. The van der Waals surface area contributed by atoms with Crippen LogP contribution in [0.15, 0.2) is 53.4 Å². The number of nitrogens with zero attached hydrogens (tertiary/aromatic N) is 1. The smallest absolute Gasteiger partial charge is 0.244 e. The topological polar surface area (TPSA) is 63.4 Å². The Kier molecular flexibility index (Phi) is 4.47. The Labute approximate surface area is 141 Å². The molecule has 0 unspecified atom stereocenters. The fourth-order valence-electron chi connectivity index (χ4n) is 2.99. The molecule has 0 aromatic heterocycles. The van der Waals surface area contributed by atoms with Crippen molar-refractivity contribution in [2.75, 3.05) is 13.1 Å². The van der Waals surface area contributed by atoms with Crippen LogP contribution in [0.4, 0.5) is 0 Å². The summed E-state index contributed by atoms with van der Waals surface area (Å²) in [7, 11) is -3.64. The quantitative estimate of drug-likeness (QED) is 0.925. The largest absolute Gasteiger partial charge is 0.326 e. The summed E-state index contributed by atoms with van der Waals surface area (Å²) in [6, 6.07) is 14.6. The first kappa shape index (κ1) is 16.5. The van der Waals surface area contributed by atoms with E-state index in [0.717, 1.165) is 11.1 Å². The van der Waals surface area contributed by atoms with Crippen molar-refractivity contribution in [3.63, 3.8) is 0 Å². The molecule has 0 bridgehead atoms. The van der Waals surface area contributed by atoms with Gasteiger partial charge in [-0.2, -0.15) is 4.31 Å². The second-order valence-electron chi connectivity index (χ2n) is 5.94. The first-order chi connectivity index (χ1) is 10.9. The minimum atomic E-state index is -3.64. The summed E-state index contributed by atoms with van der Waals surface area (Å²) in [6.45, 7) is 2.52. The van der Waals surface area contributed by atoms with Crippen LogP contribution in [0.25, 0.3) is 0 Å². The van der Waals surface area contributed by atoms with Crippen LogP contribution in [-0.2, 0) is 10.0 Å². The molecule has 6 heteroatoms. The van der Waals surface area contributed by atoms with Crippen LogP contribution in [0.1, 0.15) is 17.0 Å². The first-order valence-corrected chi connectivity index (χ1v) is 9.28. The fourth-order valence-corrected chi connectivity index (χ4v) is 5.05. The summed E-state index contributed by atoms with van der Waals surface area (Å²) in [5.41, 5.74) is 8.13. The maximum absolute atomic E-state index is 12.9. The molecule has 122 valence electrons. The maximum atomic E-state index is 12.9.